The number of aryl methyl sites for hydroxylation is 1. The van der Waals surface area contributed by atoms with E-state index in [0.717, 1.165) is 43.9 Å². The van der Waals surface area contributed by atoms with Crippen molar-refractivity contribution in [2.75, 3.05) is 19.6 Å². The molecule has 0 radical (unpaired) electrons. The van der Waals surface area contributed by atoms with E-state index in [-0.39, 0.29) is 6.09 Å². The molecule has 4 nitrogen and oxygen atoms in total. The Morgan fingerprint density at radius 2 is 2.07 bits per heavy atom. The van der Waals surface area contributed by atoms with E-state index in [2.05, 4.69) is 17.4 Å². The predicted molar refractivity (Wildman–Crippen MR) is 108 cm³/mol. The number of hydrogen-bond acceptors (Lipinski definition) is 3. The predicted octanol–water partition coefficient (Wildman–Crippen LogP) is 4.53. The second-order valence-corrected chi connectivity index (χ2v) is 9.97. The number of nitrogens with zero attached hydrogens (tertiary/aromatic N) is 1. The number of fused-ring (bicyclic) bond motifs is 2. The summed E-state index contributed by atoms with van der Waals surface area (Å²) >= 11 is 6.15. The van der Waals surface area contributed by atoms with E-state index in [1.807, 2.05) is 31.7 Å². The van der Waals surface area contributed by atoms with Gasteiger partial charge in [-0.05, 0) is 88.6 Å². The van der Waals surface area contributed by atoms with Gasteiger partial charge in [-0.25, -0.2) is 4.79 Å². The Balaban J connectivity index is 1.24. The monoisotopic (exact) mass is 390 g/mol. The average molecular weight is 391 g/mol. The molecule has 1 saturated heterocycles. The second-order valence-electron chi connectivity index (χ2n) is 9.53. The quantitative estimate of drug-likeness (QED) is 0.824. The van der Waals surface area contributed by atoms with Crippen molar-refractivity contribution in [2.24, 2.45) is 5.92 Å². The van der Waals surface area contributed by atoms with E-state index < -0.39 is 5.60 Å². The molecule has 1 heterocycles. The minimum absolute atomic E-state index is 0.170. The number of halogens is 1. The molecule has 0 aromatic heterocycles. The van der Waals surface area contributed by atoms with Crippen LogP contribution in [0, 0.1) is 5.92 Å². The van der Waals surface area contributed by atoms with Gasteiger partial charge in [-0.15, -0.1) is 0 Å². The fourth-order valence-corrected chi connectivity index (χ4v) is 5.04. The number of carbonyl (C=O) groups is 1. The highest BCUT2D eigenvalue weighted by Gasteiger charge is 2.57. The Bertz CT molecular complexity index is 722. The van der Waals surface area contributed by atoms with Gasteiger partial charge in [-0.2, -0.15) is 0 Å². The Labute approximate surface area is 167 Å². The van der Waals surface area contributed by atoms with Gasteiger partial charge < -0.3 is 15.0 Å². The highest BCUT2D eigenvalue weighted by atomic mass is 35.5. The summed E-state index contributed by atoms with van der Waals surface area (Å²) in [4.78, 5) is 14.0. The second kappa shape index (κ2) is 6.97. The van der Waals surface area contributed by atoms with E-state index in [1.165, 1.54) is 24.0 Å². The molecule has 1 aliphatic heterocycles. The first-order valence-corrected chi connectivity index (χ1v) is 10.6. The van der Waals surface area contributed by atoms with Gasteiger partial charge in [0.25, 0.3) is 0 Å². The van der Waals surface area contributed by atoms with Crippen molar-refractivity contribution in [1.82, 2.24) is 10.2 Å². The standard InChI is InChI=1S/C22H31ClN2O2/c1-21(2,3)27-20(26)25-10-7-15(8-11-25)14-24-19-13-22(19)9-6-16-12-17(23)4-5-18(16)22/h4-5,12,15,19,24H,6-11,13-14H2,1-3H3. The molecule has 1 saturated carbocycles. The third kappa shape index (κ3) is 3.97. The molecule has 27 heavy (non-hydrogen) atoms. The van der Waals surface area contributed by atoms with Crippen LogP contribution in [0.2, 0.25) is 5.02 Å². The molecule has 3 aliphatic rings. The first-order valence-electron chi connectivity index (χ1n) is 10.3. The van der Waals surface area contributed by atoms with Crippen molar-refractivity contribution in [2.45, 2.75) is 69.9 Å². The van der Waals surface area contributed by atoms with Crippen LogP contribution < -0.4 is 5.32 Å². The Kier molecular flexibility index (Phi) is 4.92. The molecule has 148 valence electrons. The summed E-state index contributed by atoms with van der Waals surface area (Å²) in [6.45, 7) is 8.42. The molecule has 2 fully saturated rings. The van der Waals surface area contributed by atoms with E-state index in [4.69, 9.17) is 16.3 Å². The number of nitrogens with one attached hydrogen (secondary N) is 1. The highest BCUT2D eigenvalue weighted by Crippen LogP contribution is 2.57. The number of carbonyl (C=O) groups excluding carboxylic acids is 1. The van der Waals surface area contributed by atoms with Gasteiger partial charge >= 0.3 is 6.09 Å². The fraction of sp³-hybridized carbons (Fsp3) is 0.682. The molecular weight excluding hydrogens is 360 g/mol. The van der Waals surface area contributed by atoms with Crippen molar-refractivity contribution < 1.29 is 9.53 Å². The number of rotatable bonds is 3. The van der Waals surface area contributed by atoms with Crippen molar-refractivity contribution in [3.63, 3.8) is 0 Å². The normalized spacial score (nSPS) is 27.7. The zero-order chi connectivity index (χ0) is 19.2. The van der Waals surface area contributed by atoms with Crippen molar-refractivity contribution >= 4 is 17.7 Å². The van der Waals surface area contributed by atoms with Crippen LogP contribution in [0.5, 0.6) is 0 Å². The van der Waals surface area contributed by atoms with Crippen LogP contribution in [0.15, 0.2) is 18.2 Å². The summed E-state index contributed by atoms with van der Waals surface area (Å²) in [6, 6.07) is 7.03. The van der Waals surface area contributed by atoms with Gasteiger partial charge in [0.1, 0.15) is 5.60 Å². The first-order chi connectivity index (χ1) is 12.8. The number of likely N-dealkylation sites (tertiary alicyclic amines) is 1. The molecule has 1 N–H and O–H groups in total. The molecule has 5 heteroatoms. The summed E-state index contributed by atoms with van der Waals surface area (Å²) in [6.07, 6.45) is 5.59. The molecule has 1 spiro atoms. The van der Waals surface area contributed by atoms with Gasteiger partial charge in [0.15, 0.2) is 0 Å². The lowest BCUT2D eigenvalue weighted by atomic mass is 9.95. The van der Waals surface area contributed by atoms with Crippen LogP contribution in [-0.4, -0.2) is 42.3 Å². The molecule has 2 atom stereocenters. The van der Waals surface area contributed by atoms with E-state index in [1.54, 1.807) is 0 Å². The summed E-state index contributed by atoms with van der Waals surface area (Å²) in [5, 5.41) is 4.68. The molecule has 4 rings (SSSR count). The van der Waals surface area contributed by atoms with E-state index in [9.17, 15) is 4.79 Å². The van der Waals surface area contributed by atoms with Gasteiger partial charge in [0.2, 0.25) is 0 Å². The third-order valence-corrected chi connectivity index (χ3v) is 6.67. The largest absolute Gasteiger partial charge is 0.444 e. The molecule has 1 aromatic carbocycles. The van der Waals surface area contributed by atoms with Crippen LogP contribution in [-0.2, 0) is 16.6 Å². The van der Waals surface area contributed by atoms with Crippen molar-refractivity contribution in [1.29, 1.82) is 0 Å². The lowest BCUT2D eigenvalue weighted by Gasteiger charge is -2.33. The van der Waals surface area contributed by atoms with E-state index >= 15 is 0 Å². The summed E-state index contributed by atoms with van der Waals surface area (Å²) in [5.74, 6) is 0.646. The molecular formula is C22H31ClN2O2. The topological polar surface area (TPSA) is 41.6 Å². The van der Waals surface area contributed by atoms with Gasteiger partial charge in [0.05, 0.1) is 0 Å². The number of hydrogen-bond donors (Lipinski definition) is 1. The maximum atomic E-state index is 12.2. The maximum Gasteiger partial charge on any atom is 0.410 e. The Hall–Kier alpha value is -1.26. The number of piperidine rings is 1. The number of ether oxygens (including phenoxy) is 1. The van der Waals surface area contributed by atoms with Crippen LogP contribution in [0.3, 0.4) is 0 Å². The van der Waals surface area contributed by atoms with Gasteiger partial charge in [0, 0.05) is 29.6 Å². The van der Waals surface area contributed by atoms with Crippen molar-refractivity contribution in [3.05, 3.63) is 34.3 Å². The SMILES string of the molecule is CC(C)(C)OC(=O)N1CCC(CNC2CC23CCc2cc(Cl)ccc23)CC1. The zero-order valence-corrected chi connectivity index (χ0v) is 17.4. The van der Waals surface area contributed by atoms with Crippen LogP contribution in [0.25, 0.3) is 0 Å². The number of benzene rings is 1. The summed E-state index contributed by atoms with van der Waals surface area (Å²) < 4.78 is 5.49. The highest BCUT2D eigenvalue weighted by molar-refractivity contribution is 6.30. The zero-order valence-electron chi connectivity index (χ0n) is 16.7. The molecule has 0 bridgehead atoms. The summed E-state index contributed by atoms with van der Waals surface area (Å²) in [5.41, 5.74) is 2.90. The Morgan fingerprint density at radius 1 is 1.33 bits per heavy atom. The maximum absolute atomic E-state index is 12.2. The number of amides is 1. The average Bonchev–Trinajstić information content (AvgIpc) is 3.19. The molecule has 1 aromatic rings. The summed E-state index contributed by atoms with van der Waals surface area (Å²) in [7, 11) is 0. The minimum atomic E-state index is -0.419. The lowest BCUT2D eigenvalue weighted by molar-refractivity contribution is 0.0184. The van der Waals surface area contributed by atoms with Gasteiger partial charge in [-0.1, -0.05) is 17.7 Å². The van der Waals surface area contributed by atoms with E-state index in [0.29, 0.717) is 17.4 Å². The van der Waals surface area contributed by atoms with Crippen molar-refractivity contribution in [3.8, 4) is 0 Å². The molecule has 2 unspecified atom stereocenters. The minimum Gasteiger partial charge on any atom is -0.444 e. The first kappa shape index (κ1) is 19.1. The van der Waals surface area contributed by atoms with Crippen LogP contribution >= 0.6 is 11.6 Å². The molecule has 1 amide bonds. The smallest absolute Gasteiger partial charge is 0.410 e. The third-order valence-electron chi connectivity index (χ3n) is 6.44. The fourth-order valence-electron chi connectivity index (χ4n) is 4.85. The van der Waals surface area contributed by atoms with Crippen LogP contribution in [0.1, 0.15) is 57.6 Å². The van der Waals surface area contributed by atoms with Crippen LogP contribution in [0.4, 0.5) is 4.79 Å². The lowest BCUT2D eigenvalue weighted by Crippen LogP contribution is -2.43. The van der Waals surface area contributed by atoms with Gasteiger partial charge in [-0.3, -0.25) is 0 Å². The molecule has 2 aliphatic carbocycles. The Morgan fingerprint density at radius 3 is 2.78 bits per heavy atom.